The van der Waals surface area contributed by atoms with E-state index in [1.54, 1.807) is 30.5 Å². The SMILES string of the molecule is Cc1csc(CO)c1S(=O)(=O)Nc1ccc(I)cc1Cl. The third kappa shape index (κ3) is 3.28. The first-order valence-electron chi connectivity index (χ1n) is 5.51. The van der Waals surface area contributed by atoms with Crippen molar-refractivity contribution < 1.29 is 13.5 Å². The van der Waals surface area contributed by atoms with Crippen molar-refractivity contribution in [2.24, 2.45) is 0 Å². The van der Waals surface area contributed by atoms with Crippen molar-refractivity contribution in [2.45, 2.75) is 18.4 Å². The zero-order chi connectivity index (χ0) is 14.9. The Morgan fingerprint density at radius 2 is 2.15 bits per heavy atom. The monoisotopic (exact) mass is 443 g/mol. The van der Waals surface area contributed by atoms with Crippen molar-refractivity contribution in [3.05, 3.63) is 42.6 Å². The number of rotatable bonds is 4. The molecule has 0 spiro atoms. The lowest BCUT2D eigenvalue weighted by atomic mass is 10.3. The van der Waals surface area contributed by atoms with Gasteiger partial charge in [-0.25, -0.2) is 8.42 Å². The number of aliphatic hydroxyl groups is 1. The highest BCUT2D eigenvalue weighted by Crippen LogP contribution is 2.31. The molecule has 0 amide bonds. The van der Waals surface area contributed by atoms with Crippen LogP contribution in [0.2, 0.25) is 5.02 Å². The molecule has 0 saturated heterocycles. The number of nitrogens with one attached hydrogen (secondary N) is 1. The Labute approximate surface area is 140 Å². The van der Waals surface area contributed by atoms with Crippen LogP contribution < -0.4 is 4.72 Å². The second kappa shape index (κ2) is 6.18. The smallest absolute Gasteiger partial charge is 0.263 e. The third-order valence-electron chi connectivity index (χ3n) is 2.58. The summed E-state index contributed by atoms with van der Waals surface area (Å²) in [6.07, 6.45) is 0. The molecule has 108 valence electrons. The molecule has 0 aliphatic carbocycles. The summed E-state index contributed by atoms with van der Waals surface area (Å²) in [5.74, 6) is 0. The number of anilines is 1. The van der Waals surface area contributed by atoms with Crippen LogP contribution >= 0.6 is 45.5 Å². The lowest BCUT2D eigenvalue weighted by molar-refractivity contribution is 0.282. The van der Waals surface area contributed by atoms with E-state index in [0.29, 0.717) is 21.2 Å². The van der Waals surface area contributed by atoms with Gasteiger partial charge in [-0.1, -0.05) is 11.6 Å². The molecule has 8 heteroatoms. The zero-order valence-corrected chi connectivity index (χ0v) is 14.9. The molecule has 2 rings (SSSR count). The summed E-state index contributed by atoms with van der Waals surface area (Å²) in [4.78, 5) is 0.538. The average molecular weight is 444 g/mol. The standard InChI is InChI=1S/C12H11ClINO3S2/c1-7-6-19-11(5-16)12(7)20(17,18)15-10-3-2-8(14)4-9(10)13/h2-4,6,15-16H,5H2,1H3. The molecule has 0 atom stereocenters. The van der Waals surface area contributed by atoms with Gasteiger partial charge in [-0.05, 0) is 58.7 Å². The highest BCUT2D eigenvalue weighted by atomic mass is 127. The summed E-state index contributed by atoms with van der Waals surface area (Å²) >= 11 is 9.34. The number of thiophene rings is 1. The zero-order valence-electron chi connectivity index (χ0n) is 10.4. The van der Waals surface area contributed by atoms with Crippen LogP contribution in [0.25, 0.3) is 0 Å². The quantitative estimate of drug-likeness (QED) is 0.710. The molecule has 1 aromatic carbocycles. The molecule has 0 radical (unpaired) electrons. The Balaban J connectivity index is 2.43. The van der Waals surface area contributed by atoms with Crippen LogP contribution in [0.1, 0.15) is 10.4 Å². The molecule has 0 fully saturated rings. The molecule has 1 aromatic heterocycles. The minimum Gasteiger partial charge on any atom is -0.391 e. The fraction of sp³-hybridized carbons (Fsp3) is 0.167. The molecule has 1 heterocycles. The van der Waals surface area contributed by atoms with Gasteiger partial charge in [0.25, 0.3) is 10.0 Å². The van der Waals surface area contributed by atoms with Gasteiger partial charge in [0.2, 0.25) is 0 Å². The fourth-order valence-corrected chi connectivity index (χ4v) is 5.43. The van der Waals surface area contributed by atoms with Crippen molar-refractivity contribution in [2.75, 3.05) is 4.72 Å². The number of hydrogen-bond donors (Lipinski definition) is 2. The number of aryl methyl sites for hydroxylation is 1. The Kier molecular flexibility index (Phi) is 4.96. The third-order valence-corrected chi connectivity index (χ3v) is 6.37. The van der Waals surface area contributed by atoms with Crippen LogP contribution in [0.3, 0.4) is 0 Å². The topological polar surface area (TPSA) is 66.4 Å². The van der Waals surface area contributed by atoms with E-state index >= 15 is 0 Å². The molecule has 0 aliphatic heterocycles. The van der Waals surface area contributed by atoms with E-state index in [-0.39, 0.29) is 11.5 Å². The number of sulfonamides is 1. The summed E-state index contributed by atoms with van der Waals surface area (Å²) in [6.45, 7) is 1.38. The van der Waals surface area contributed by atoms with Gasteiger partial charge < -0.3 is 5.11 Å². The van der Waals surface area contributed by atoms with Crippen LogP contribution in [-0.2, 0) is 16.6 Å². The maximum absolute atomic E-state index is 12.4. The van der Waals surface area contributed by atoms with Crippen LogP contribution in [0, 0.1) is 10.5 Å². The fourth-order valence-electron chi connectivity index (χ4n) is 1.73. The molecule has 0 unspecified atom stereocenters. The molecule has 2 aromatic rings. The van der Waals surface area contributed by atoms with Gasteiger partial charge in [0.1, 0.15) is 4.90 Å². The number of benzene rings is 1. The van der Waals surface area contributed by atoms with Gasteiger partial charge in [-0.2, -0.15) is 0 Å². The normalized spacial score (nSPS) is 11.6. The number of aliphatic hydroxyl groups excluding tert-OH is 1. The van der Waals surface area contributed by atoms with Crippen molar-refractivity contribution in [1.82, 2.24) is 0 Å². The Hall–Kier alpha value is -0.350. The van der Waals surface area contributed by atoms with Crippen molar-refractivity contribution in [3.8, 4) is 0 Å². The van der Waals surface area contributed by atoms with Gasteiger partial charge in [-0.15, -0.1) is 11.3 Å². The predicted molar refractivity (Wildman–Crippen MR) is 90.0 cm³/mol. The van der Waals surface area contributed by atoms with E-state index in [0.717, 1.165) is 3.57 Å². The van der Waals surface area contributed by atoms with Gasteiger partial charge in [0.05, 0.1) is 22.2 Å². The highest BCUT2D eigenvalue weighted by Gasteiger charge is 2.23. The first-order valence-corrected chi connectivity index (χ1v) is 9.33. The van der Waals surface area contributed by atoms with Crippen molar-refractivity contribution >= 4 is 61.2 Å². The average Bonchev–Trinajstić information content (AvgIpc) is 2.75. The first-order chi connectivity index (χ1) is 9.35. The highest BCUT2D eigenvalue weighted by molar-refractivity contribution is 14.1. The molecule has 0 aliphatic rings. The molecule has 20 heavy (non-hydrogen) atoms. The maximum atomic E-state index is 12.4. The lowest BCUT2D eigenvalue weighted by Crippen LogP contribution is -2.15. The van der Waals surface area contributed by atoms with E-state index in [1.165, 1.54) is 11.3 Å². The van der Waals surface area contributed by atoms with E-state index in [2.05, 4.69) is 27.3 Å². The number of halogens is 2. The van der Waals surface area contributed by atoms with Crippen LogP contribution in [-0.4, -0.2) is 13.5 Å². The Morgan fingerprint density at radius 3 is 2.75 bits per heavy atom. The van der Waals surface area contributed by atoms with Gasteiger partial charge in [-0.3, -0.25) is 4.72 Å². The summed E-state index contributed by atoms with van der Waals surface area (Å²) < 4.78 is 28.2. The molecular weight excluding hydrogens is 433 g/mol. The van der Waals surface area contributed by atoms with E-state index in [1.807, 2.05) is 0 Å². The Morgan fingerprint density at radius 1 is 1.45 bits per heavy atom. The molecular formula is C12H11ClINO3S2. The lowest BCUT2D eigenvalue weighted by Gasteiger charge is -2.11. The van der Waals surface area contributed by atoms with Gasteiger partial charge >= 0.3 is 0 Å². The second-order valence-corrected chi connectivity index (χ2v) is 8.30. The van der Waals surface area contributed by atoms with E-state index < -0.39 is 10.0 Å². The predicted octanol–water partition coefficient (Wildman–Crippen LogP) is 3.61. The first kappa shape index (κ1) is 16.0. The minimum atomic E-state index is -3.77. The molecule has 2 N–H and O–H groups in total. The van der Waals surface area contributed by atoms with Gasteiger partial charge in [0.15, 0.2) is 0 Å². The summed E-state index contributed by atoms with van der Waals surface area (Å²) in [5.41, 5.74) is 0.926. The summed E-state index contributed by atoms with van der Waals surface area (Å²) in [5, 5.41) is 11.3. The summed E-state index contributed by atoms with van der Waals surface area (Å²) in [6, 6.07) is 5.05. The van der Waals surface area contributed by atoms with Crippen molar-refractivity contribution in [1.29, 1.82) is 0 Å². The number of hydrogen-bond acceptors (Lipinski definition) is 4. The van der Waals surface area contributed by atoms with Crippen molar-refractivity contribution in [3.63, 3.8) is 0 Å². The maximum Gasteiger partial charge on any atom is 0.263 e. The minimum absolute atomic E-state index is 0.125. The van der Waals surface area contributed by atoms with Crippen LogP contribution in [0.5, 0.6) is 0 Å². The molecule has 4 nitrogen and oxygen atoms in total. The van der Waals surface area contributed by atoms with Crippen LogP contribution in [0.4, 0.5) is 5.69 Å². The molecule has 0 bridgehead atoms. The van der Waals surface area contributed by atoms with E-state index in [9.17, 15) is 13.5 Å². The largest absolute Gasteiger partial charge is 0.391 e. The molecule has 0 saturated carbocycles. The van der Waals surface area contributed by atoms with E-state index in [4.69, 9.17) is 11.6 Å². The van der Waals surface area contributed by atoms with Crippen LogP contribution in [0.15, 0.2) is 28.5 Å². The summed E-state index contributed by atoms with van der Waals surface area (Å²) in [7, 11) is -3.77. The van der Waals surface area contributed by atoms with Gasteiger partial charge in [0, 0.05) is 3.57 Å². The Bertz CT molecular complexity index is 743. The second-order valence-electron chi connectivity index (χ2n) is 4.06.